The second kappa shape index (κ2) is 16.0. The summed E-state index contributed by atoms with van der Waals surface area (Å²) in [6, 6.07) is 15.9. The number of ether oxygens (including phenoxy) is 4. The summed E-state index contributed by atoms with van der Waals surface area (Å²) in [5, 5.41) is 8.76. The normalized spacial score (nSPS) is 12.7. The van der Waals surface area contributed by atoms with E-state index in [2.05, 4.69) is 6.07 Å². The summed E-state index contributed by atoms with van der Waals surface area (Å²) >= 11 is 6.12. The van der Waals surface area contributed by atoms with Gasteiger partial charge in [0.05, 0.1) is 32.4 Å². The molecule has 2 aromatic carbocycles. The number of carboxylic acids is 1. The second-order valence-corrected chi connectivity index (χ2v) is 8.96. The number of aliphatic carboxylic acids is 1. The van der Waals surface area contributed by atoms with Crippen molar-refractivity contribution in [3.05, 3.63) is 59.7 Å². The quantitative estimate of drug-likeness (QED) is 0.248. The van der Waals surface area contributed by atoms with Gasteiger partial charge in [0.25, 0.3) is 0 Å². The van der Waals surface area contributed by atoms with Crippen LogP contribution < -0.4 is 9.47 Å². The maximum Gasteiger partial charge on any atom is 0.306 e. The number of likely N-dealkylation sites (N-methyl/N-ethyl adjacent to an activating group) is 1. The van der Waals surface area contributed by atoms with Gasteiger partial charge in [-0.25, -0.2) is 0 Å². The van der Waals surface area contributed by atoms with Crippen LogP contribution >= 0.6 is 11.6 Å². The van der Waals surface area contributed by atoms with Gasteiger partial charge in [0.2, 0.25) is 0 Å². The number of carboxylic acid groups (broad SMARTS) is 1. The third kappa shape index (κ3) is 11.3. The summed E-state index contributed by atoms with van der Waals surface area (Å²) in [6.45, 7) is 0.790. The highest BCUT2D eigenvalue weighted by atomic mass is 35.5. The fraction of sp³-hybridized carbons (Fsp3) is 0.481. The summed E-state index contributed by atoms with van der Waals surface area (Å²) in [5.41, 5.74) is 2.25. The summed E-state index contributed by atoms with van der Waals surface area (Å²) < 4.78 is 22.7. The molecule has 0 bridgehead atoms. The van der Waals surface area contributed by atoms with Crippen LogP contribution in [0.15, 0.2) is 48.5 Å². The van der Waals surface area contributed by atoms with Crippen LogP contribution in [0, 0.1) is 0 Å². The van der Waals surface area contributed by atoms with Gasteiger partial charge in [-0.1, -0.05) is 30.3 Å². The van der Waals surface area contributed by atoms with Crippen LogP contribution in [0.5, 0.6) is 11.5 Å². The first-order chi connectivity index (χ1) is 17.3. The summed E-state index contributed by atoms with van der Waals surface area (Å²) in [7, 11) is 5.36. The molecule has 0 aromatic heterocycles. The Kier molecular flexibility index (Phi) is 13.1. The van der Waals surface area contributed by atoms with Crippen LogP contribution in [0.1, 0.15) is 24.0 Å². The molecule has 2 aromatic rings. The van der Waals surface area contributed by atoms with Crippen molar-refractivity contribution in [3.8, 4) is 11.5 Å². The number of benzene rings is 2. The molecule has 0 heterocycles. The highest BCUT2D eigenvalue weighted by molar-refractivity contribution is 6.18. The smallest absolute Gasteiger partial charge is 0.306 e. The summed E-state index contributed by atoms with van der Waals surface area (Å²) in [6.07, 6.45) is 0.208. The van der Waals surface area contributed by atoms with Crippen LogP contribution in [-0.4, -0.2) is 81.0 Å². The maximum atomic E-state index is 12.0. The number of alkyl halides is 1. The molecule has 1 N–H and O–H groups in total. The van der Waals surface area contributed by atoms with Gasteiger partial charge in [0.15, 0.2) is 0 Å². The molecule has 0 aliphatic rings. The largest absolute Gasteiger partial charge is 0.497 e. The molecule has 0 saturated heterocycles. The lowest BCUT2D eigenvalue weighted by molar-refractivity contribution is -0.156. The van der Waals surface area contributed by atoms with Gasteiger partial charge in [-0.2, -0.15) is 0 Å². The van der Waals surface area contributed by atoms with Crippen molar-refractivity contribution < 1.29 is 33.6 Å². The molecule has 2 atom stereocenters. The van der Waals surface area contributed by atoms with Crippen molar-refractivity contribution in [2.45, 2.75) is 37.9 Å². The van der Waals surface area contributed by atoms with Gasteiger partial charge in [-0.15, -0.1) is 11.6 Å². The predicted molar refractivity (Wildman–Crippen MR) is 138 cm³/mol. The standard InChI is InChI=1S/C27H36ClNO7/c1-29(2)17-24(36-27(32)14-13-26(30)31)19-34-23(16-28)18-35-25-10-5-4-8-21(25)12-11-20-7-6-9-22(15-20)33-3/h4-10,15,23-24H,11-14,16-19H2,1-3H3,(H,30,31). The van der Waals surface area contributed by atoms with E-state index in [1.54, 1.807) is 7.11 Å². The number of hydrogen-bond donors (Lipinski definition) is 1. The van der Waals surface area contributed by atoms with Crippen molar-refractivity contribution in [1.29, 1.82) is 0 Å². The van der Waals surface area contributed by atoms with Gasteiger partial charge in [-0.3, -0.25) is 9.59 Å². The van der Waals surface area contributed by atoms with E-state index >= 15 is 0 Å². The van der Waals surface area contributed by atoms with Gasteiger partial charge >= 0.3 is 11.9 Å². The number of nitrogens with zero attached hydrogens (tertiary/aromatic N) is 1. The fourth-order valence-electron chi connectivity index (χ4n) is 3.51. The SMILES string of the molecule is COc1cccc(CCc2ccccc2OCC(CCl)OCC(CN(C)C)OC(=O)CCC(=O)O)c1. The maximum absolute atomic E-state index is 12.0. The molecule has 8 nitrogen and oxygen atoms in total. The Balaban J connectivity index is 1.90. The van der Waals surface area contributed by atoms with Crippen molar-refractivity contribution >= 4 is 23.5 Å². The van der Waals surface area contributed by atoms with E-state index in [-0.39, 0.29) is 31.9 Å². The molecule has 0 saturated carbocycles. The number of aryl methyl sites for hydroxylation is 2. The molecule has 0 aliphatic carbocycles. The second-order valence-electron chi connectivity index (χ2n) is 8.65. The lowest BCUT2D eigenvalue weighted by atomic mass is 10.0. The summed E-state index contributed by atoms with van der Waals surface area (Å²) in [5.74, 6) is 0.184. The molecule has 198 valence electrons. The van der Waals surface area contributed by atoms with Crippen LogP contribution in [0.3, 0.4) is 0 Å². The molecule has 36 heavy (non-hydrogen) atoms. The van der Waals surface area contributed by atoms with Gasteiger partial charge in [-0.05, 0) is 56.3 Å². The lowest BCUT2D eigenvalue weighted by Gasteiger charge is -2.24. The number of methoxy groups -OCH3 is 1. The van der Waals surface area contributed by atoms with E-state index in [9.17, 15) is 9.59 Å². The first-order valence-electron chi connectivity index (χ1n) is 11.9. The van der Waals surface area contributed by atoms with Crippen LogP contribution in [0.4, 0.5) is 0 Å². The van der Waals surface area contributed by atoms with Crippen LogP contribution in [0.25, 0.3) is 0 Å². The number of rotatable bonds is 17. The third-order valence-corrected chi connectivity index (χ3v) is 5.66. The molecule has 9 heteroatoms. The number of carbonyl (C=O) groups excluding carboxylic acids is 1. The lowest BCUT2D eigenvalue weighted by Crippen LogP contribution is -2.37. The zero-order chi connectivity index (χ0) is 26.3. The molecule has 0 fully saturated rings. The Morgan fingerprint density at radius 1 is 1.00 bits per heavy atom. The number of esters is 1. The fourth-order valence-corrected chi connectivity index (χ4v) is 3.68. The molecule has 0 spiro atoms. The Morgan fingerprint density at radius 2 is 1.78 bits per heavy atom. The van der Waals surface area contributed by atoms with E-state index in [0.29, 0.717) is 6.54 Å². The summed E-state index contributed by atoms with van der Waals surface area (Å²) in [4.78, 5) is 24.5. The predicted octanol–water partition coefficient (Wildman–Crippen LogP) is 3.82. The van der Waals surface area contributed by atoms with Crippen LogP contribution in [0.2, 0.25) is 0 Å². The highest BCUT2D eigenvalue weighted by Gasteiger charge is 2.20. The molecule has 0 amide bonds. The Labute approximate surface area is 218 Å². The molecular formula is C27H36ClNO7. The Hall–Kier alpha value is -2.81. The molecule has 0 radical (unpaired) electrons. The van der Waals surface area contributed by atoms with E-state index in [1.807, 2.05) is 61.5 Å². The molecule has 2 unspecified atom stereocenters. The first kappa shape index (κ1) is 29.4. The van der Waals surface area contributed by atoms with Gasteiger partial charge in [0.1, 0.15) is 30.3 Å². The number of para-hydroxylation sites is 1. The minimum atomic E-state index is -1.05. The average molecular weight is 522 g/mol. The minimum Gasteiger partial charge on any atom is -0.497 e. The topological polar surface area (TPSA) is 94.5 Å². The van der Waals surface area contributed by atoms with Crippen molar-refractivity contribution in [2.75, 3.05) is 46.8 Å². The number of hydrogen-bond acceptors (Lipinski definition) is 7. The Bertz CT molecular complexity index is 953. The van der Waals surface area contributed by atoms with Crippen molar-refractivity contribution in [2.24, 2.45) is 0 Å². The van der Waals surface area contributed by atoms with E-state index < -0.39 is 24.1 Å². The average Bonchev–Trinajstić information content (AvgIpc) is 2.86. The van der Waals surface area contributed by atoms with E-state index in [1.165, 1.54) is 5.56 Å². The Morgan fingerprint density at radius 3 is 2.47 bits per heavy atom. The first-order valence-corrected chi connectivity index (χ1v) is 12.4. The number of halogens is 1. The third-order valence-electron chi connectivity index (χ3n) is 5.31. The highest BCUT2D eigenvalue weighted by Crippen LogP contribution is 2.22. The molecule has 2 rings (SSSR count). The zero-order valence-corrected chi connectivity index (χ0v) is 21.9. The van der Waals surface area contributed by atoms with E-state index in [0.717, 1.165) is 29.9 Å². The molecular weight excluding hydrogens is 486 g/mol. The number of carbonyl (C=O) groups is 2. The monoisotopic (exact) mass is 521 g/mol. The van der Waals surface area contributed by atoms with Crippen molar-refractivity contribution in [3.63, 3.8) is 0 Å². The van der Waals surface area contributed by atoms with Gasteiger partial charge < -0.3 is 29.0 Å². The van der Waals surface area contributed by atoms with Crippen molar-refractivity contribution in [1.82, 2.24) is 4.90 Å². The zero-order valence-electron chi connectivity index (χ0n) is 21.2. The van der Waals surface area contributed by atoms with Crippen LogP contribution in [-0.2, 0) is 31.9 Å². The van der Waals surface area contributed by atoms with E-state index in [4.69, 9.17) is 35.7 Å². The van der Waals surface area contributed by atoms with Gasteiger partial charge in [0, 0.05) is 6.54 Å². The molecule has 0 aliphatic heterocycles. The minimum absolute atomic E-state index is 0.120.